The lowest BCUT2D eigenvalue weighted by molar-refractivity contribution is -0.138. The van der Waals surface area contributed by atoms with Crippen LogP contribution in [0.5, 0.6) is 0 Å². The Kier molecular flexibility index (Phi) is 4.93. The van der Waals surface area contributed by atoms with E-state index < -0.39 is 28.8 Å². The van der Waals surface area contributed by atoms with Crippen LogP contribution in [0, 0.1) is 11.3 Å². The maximum Gasteiger partial charge on any atom is 0.417 e. The van der Waals surface area contributed by atoms with Crippen molar-refractivity contribution in [3.63, 3.8) is 0 Å². The van der Waals surface area contributed by atoms with Gasteiger partial charge in [0.25, 0.3) is 5.91 Å². The van der Waals surface area contributed by atoms with Crippen LogP contribution in [-0.4, -0.2) is 30.3 Å². The zero-order chi connectivity index (χ0) is 16.3. The zero-order valence-electron chi connectivity index (χ0n) is 11.3. The molecule has 1 aromatic carbocycles. The Morgan fingerprint density at radius 2 is 2.10 bits per heavy atom. The highest BCUT2D eigenvalue weighted by Crippen LogP contribution is 2.33. The van der Waals surface area contributed by atoms with Crippen LogP contribution in [0.25, 0.3) is 0 Å². The van der Waals surface area contributed by atoms with Gasteiger partial charge in [-0.2, -0.15) is 18.4 Å². The summed E-state index contributed by atoms with van der Waals surface area (Å²) in [5.41, 5.74) is -3.78. The Labute approximate surface area is 118 Å². The number of hydrogen-bond acceptors (Lipinski definition) is 4. The smallest absolute Gasteiger partial charge is 0.381 e. The first-order valence-corrected chi connectivity index (χ1v) is 5.76. The Bertz CT molecular complexity index is 577. The fourth-order valence-corrected chi connectivity index (χ4v) is 1.57. The highest BCUT2D eigenvalue weighted by atomic mass is 19.4. The molecule has 0 saturated carbocycles. The highest BCUT2D eigenvalue weighted by Gasteiger charge is 2.35. The van der Waals surface area contributed by atoms with Crippen LogP contribution in [0.3, 0.4) is 0 Å². The number of methoxy groups -OCH3 is 1. The summed E-state index contributed by atoms with van der Waals surface area (Å²) in [5, 5.41) is 20.6. The molecule has 0 aromatic heterocycles. The van der Waals surface area contributed by atoms with Gasteiger partial charge in [-0.15, -0.1) is 0 Å². The summed E-state index contributed by atoms with van der Waals surface area (Å²) in [4.78, 5) is 11.8. The van der Waals surface area contributed by atoms with Gasteiger partial charge < -0.3 is 15.2 Å². The topological polar surface area (TPSA) is 82.3 Å². The Morgan fingerprint density at radius 3 is 2.57 bits per heavy atom. The van der Waals surface area contributed by atoms with Crippen molar-refractivity contribution < 1.29 is 27.8 Å². The van der Waals surface area contributed by atoms with E-state index in [4.69, 9.17) is 5.26 Å². The fourth-order valence-electron chi connectivity index (χ4n) is 1.57. The molecule has 0 aliphatic carbocycles. The molecule has 1 rings (SSSR count). The number of nitriles is 1. The average molecular weight is 302 g/mol. The molecular formula is C13H13F3N2O3. The molecule has 1 aromatic rings. The third kappa shape index (κ3) is 4.18. The molecule has 0 heterocycles. The largest absolute Gasteiger partial charge is 0.417 e. The molecule has 1 amide bonds. The van der Waals surface area contributed by atoms with Crippen LogP contribution in [-0.2, 0) is 15.7 Å². The van der Waals surface area contributed by atoms with E-state index in [1.807, 2.05) is 0 Å². The lowest BCUT2D eigenvalue weighted by atomic mass is 10.1. The van der Waals surface area contributed by atoms with Crippen molar-refractivity contribution in [1.29, 1.82) is 5.26 Å². The Morgan fingerprint density at radius 1 is 1.48 bits per heavy atom. The van der Waals surface area contributed by atoms with Crippen LogP contribution >= 0.6 is 0 Å². The number of carbonyl (C=O) groups is 1. The summed E-state index contributed by atoms with van der Waals surface area (Å²) in [6.45, 7) is 0.849. The summed E-state index contributed by atoms with van der Waals surface area (Å²) in [6, 6.07) is 4.16. The first-order valence-electron chi connectivity index (χ1n) is 5.76. The molecule has 5 nitrogen and oxygen atoms in total. The van der Waals surface area contributed by atoms with Gasteiger partial charge in [-0.25, -0.2) is 0 Å². The van der Waals surface area contributed by atoms with Gasteiger partial charge >= 0.3 is 6.18 Å². The fraction of sp³-hybridized carbons (Fsp3) is 0.385. The molecule has 0 spiro atoms. The monoisotopic (exact) mass is 302 g/mol. The number of anilines is 1. The van der Waals surface area contributed by atoms with Crippen molar-refractivity contribution in [1.82, 2.24) is 0 Å². The Balaban J connectivity index is 3.07. The minimum Gasteiger partial charge on any atom is -0.381 e. The van der Waals surface area contributed by atoms with Crippen molar-refractivity contribution in [3.05, 3.63) is 29.3 Å². The van der Waals surface area contributed by atoms with Crippen molar-refractivity contribution in [3.8, 4) is 6.07 Å². The second-order valence-electron chi connectivity index (χ2n) is 4.53. The van der Waals surface area contributed by atoms with Gasteiger partial charge in [0.1, 0.15) is 0 Å². The predicted molar refractivity (Wildman–Crippen MR) is 67.3 cm³/mol. The molecule has 0 radical (unpaired) electrons. The van der Waals surface area contributed by atoms with Gasteiger partial charge in [0.2, 0.25) is 0 Å². The number of halogens is 3. The number of hydrogen-bond donors (Lipinski definition) is 2. The van der Waals surface area contributed by atoms with E-state index in [1.54, 1.807) is 0 Å². The Hall–Kier alpha value is -2.11. The second kappa shape index (κ2) is 6.11. The summed E-state index contributed by atoms with van der Waals surface area (Å²) >= 11 is 0. The third-order valence-electron chi connectivity index (χ3n) is 2.62. The van der Waals surface area contributed by atoms with Gasteiger partial charge in [-0.05, 0) is 25.1 Å². The summed E-state index contributed by atoms with van der Waals surface area (Å²) < 4.78 is 43.0. The van der Waals surface area contributed by atoms with Crippen LogP contribution < -0.4 is 5.32 Å². The highest BCUT2D eigenvalue weighted by molar-refractivity contribution is 5.97. The number of alkyl halides is 3. The van der Waals surface area contributed by atoms with Crippen molar-refractivity contribution in [2.45, 2.75) is 18.7 Å². The van der Waals surface area contributed by atoms with Crippen molar-refractivity contribution >= 4 is 11.6 Å². The lowest BCUT2D eigenvalue weighted by Gasteiger charge is -2.21. The number of ether oxygens (including phenoxy) is 1. The molecule has 0 unspecified atom stereocenters. The van der Waals surface area contributed by atoms with E-state index in [9.17, 15) is 23.1 Å². The van der Waals surface area contributed by atoms with E-state index in [-0.39, 0.29) is 12.3 Å². The first kappa shape index (κ1) is 16.9. The van der Waals surface area contributed by atoms with Gasteiger partial charge in [-0.1, -0.05) is 0 Å². The molecule has 2 N–H and O–H groups in total. The molecule has 8 heteroatoms. The van der Waals surface area contributed by atoms with E-state index in [1.165, 1.54) is 20.1 Å². The molecule has 0 fully saturated rings. The summed E-state index contributed by atoms with van der Waals surface area (Å²) in [6.07, 6.45) is -4.72. The zero-order valence-corrected chi connectivity index (χ0v) is 11.3. The normalized spacial score (nSPS) is 14.1. The molecule has 114 valence electrons. The van der Waals surface area contributed by atoms with E-state index in [0.717, 1.165) is 12.1 Å². The molecule has 0 bridgehead atoms. The van der Waals surface area contributed by atoms with Crippen molar-refractivity contribution in [2.75, 3.05) is 19.0 Å². The van der Waals surface area contributed by atoms with Crippen LogP contribution in [0.15, 0.2) is 18.2 Å². The number of benzene rings is 1. The van der Waals surface area contributed by atoms with E-state index in [2.05, 4.69) is 10.1 Å². The van der Waals surface area contributed by atoms with Gasteiger partial charge in [-0.3, -0.25) is 4.79 Å². The number of nitrogens with zero attached hydrogens (tertiary/aromatic N) is 1. The molecule has 21 heavy (non-hydrogen) atoms. The van der Waals surface area contributed by atoms with E-state index in [0.29, 0.717) is 6.07 Å². The number of nitrogens with one attached hydrogen (secondary N) is 1. The SMILES string of the molecule is COC[C@@](C)(O)C(=O)Nc1ccc(C#N)c(C(F)(F)F)c1. The van der Waals surface area contributed by atoms with Crippen LogP contribution in [0.1, 0.15) is 18.1 Å². The molecular weight excluding hydrogens is 289 g/mol. The number of carbonyl (C=O) groups excluding carboxylic acids is 1. The average Bonchev–Trinajstić information content (AvgIpc) is 2.37. The van der Waals surface area contributed by atoms with E-state index >= 15 is 0 Å². The minimum absolute atomic E-state index is 0.178. The number of aliphatic hydroxyl groups is 1. The van der Waals surface area contributed by atoms with Gasteiger partial charge in [0.05, 0.1) is 23.8 Å². The quantitative estimate of drug-likeness (QED) is 0.890. The van der Waals surface area contributed by atoms with Crippen LogP contribution in [0.4, 0.5) is 18.9 Å². The maximum absolute atomic E-state index is 12.8. The predicted octanol–water partition coefficient (Wildman–Crippen LogP) is 1.91. The van der Waals surface area contributed by atoms with Crippen LogP contribution in [0.2, 0.25) is 0 Å². The van der Waals surface area contributed by atoms with Gasteiger partial charge in [0.15, 0.2) is 5.60 Å². The first-order chi connectivity index (χ1) is 9.61. The molecule has 0 saturated heterocycles. The van der Waals surface area contributed by atoms with Crippen molar-refractivity contribution in [2.24, 2.45) is 0 Å². The summed E-state index contributed by atoms with van der Waals surface area (Å²) in [7, 11) is 1.27. The molecule has 1 atom stereocenters. The number of rotatable bonds is 4. The molecule has 0 aliphatic heterocycles. The number of amides is 1. The second-order valence-corrected chi connectivity index (χ2v) is 4.53. The third-order valence-corrected chi connectivity index (χ3v) is 2.62. The maximum atomic E-state index is 12.8. The minimum atomic E-state index is -4.72. The summed E-state index contributed by atoms with van der Waals surface area (Å²) in [5.74, 6) is -0.915. The standard InChI is InChI=1S/C13H13F3N2O3/c1-12(20,7-21-2)11(19)18-9-4-3-8(6-17)10(5-9)13(14,15)16/h3-5,20H,7H2,1-2H3,(H,18,19)/t12-/m1/s1. The molecule has 0 aliphatic rings. The lowest BCUT2D eigenvalue weighted by Crippen LogP contribution is -2.43. The van der Waals surface area contributed by atoms with Gasteiger partial charge in [0, 0.05) is 12.8 Å².